The first-order valence-electron chi connectivity index (χ1n) is 6.60. The third-order valence-corrected chi connectivity index (χ3v) is 4.07. The fraction of sp³-hybridized carbons (Fsp3) is 0.0667. The maximum atomic E-state index is 12.4. The second-order valence-electron chi connectivity index (χ2n) is 4.67. The van der Waals surface area contributed by atoms with E-state index in [0.29, 0.717) is 29.2 Å². The SMILES string of the molecule is O=c1c2cccnc2ncn1Cc1coc(-c2cccs2)n1. The molecule has 0 aliphatic carbocycles. The minimum atomic E-state index is -0.140. The van der Waals surface area contributed by atoms with Gasteiger partial charge in [-0.2, -0.15) is 0 Å². The molecule has 0 saturated carbocycles. The molecule has 4 rings (SSSR count). The molecule has 0 unspecified atom stereocenters. The Hall–Kier alpha value is -2.80. The Kier molecular flexibility index (Phi) is 3.05. The predicted molar refractivity (Wildman–Crippen MR) is 82.7 cm³/mol. The highest BCUT2D eigenvalue weighted by atomic mass is 32.1. The molecule has 0 bridgehead atoms. The lowest BCUT2D eigenvalue weighted by Gasteiger charge is -2.03. The summed E-state index contributed by atoms with van der Waals surface area (Å²) in [5, 5.41) is 2.45. The Morgan fingerprint density at radius 2 is 2.18 bits per heavy atom. The van der Waals surface area contributed by atoms with Crippen LogP contribution >= 0.6 is 11.3 Å². The number of oxazole rings is 1. The fourth-order valence-corrected chi connectivity index (χ4v) is 2.83. The van der Waals surface area contributed by atoms with Crippen molar-refractivity contribution in [1.29, 1.82) is 0 Å². The van der Waals surface area contributed by atoms with Crippen LogP contribution < -0.4 is 5.56 Å². The van der Waals surface area contributed by atoms with E-state index in [4.69, 9.17) is 4.42 Å². The van der Waals surface area contributed by atoms with Gasteiger partial charge in [-0.1, -0.05) is 6.07 Å². The fourth-order valence-electron chi connectivity index (χ4n) is 2.18. The number of nitrogens with zero attached hydrogens (tertiary/aromatic N) is 4. The summed E-state index contributed by atoms with van der Waals surface area (Å²) in [6.45, 7) is 0.311. The molecule has 108 valence electrons. The van der Waals surface area contributed by atoms with E-state index in [1.807, 2.05) is 17.5 Å². The number of fused-ring (bicyclic) bond motifs is 1. The third kappa shape index (κ3) is 2.21. The summed E-state index contributed by atoms with van der Waals surface area (Å²) in [6, 6.07) is 7.32. The lowest BCUT2D eigenvalue weighted by Crippen LogP contribution is -2.21. The van der Waals surface area contributed by atoms with Gasteiger partial charge in [0.15, 0.2) is 5.65 Å². The van der Waals surface area contributed by atoms with E-state index in [0.717, 1.165) is 4.88 Å². The first kappa shape index (κ1) is 12.9. The van der Waals surface area contributed by atoms with Crippen molar-refractivity contribution in [3.63, 3.8) is 0 Å². The lowest BCUT2D eigenvalue weighted by molar-refractivity contribution is 0.572. The molecule has 0 aliphatic heterocycles. The third-order valence-electron chi connectivity index (χ3n) is 3.21. The highest BCUT2D eigenvalue weighted by molar-refractivity contribution is 7.13. The number of rotatable bonds is 3. The normalized spacial score (nSPS) is 11.1. The molecule has 22 heavy (non-hydrogen) atoms. The number of aromatic nitrogens is 4. The molecule has 0 aromatic carbocycles. The second-order valence-corrected chi connectivity index (χ2v) is 5.62. The van der Waals surface area contributed by atoms with Crippen LogP contribution in [0.3, 0.4) is 0 Å². The number of hydrogen-bond acceptors (Lipinski definition) is 6. The molecule has 6 nitrogen and oxygen atoms in total. The highest BCUT2D eigenvalue weighted by Crippen LogP contribution is 2.23. The Morgan fingerprint density at radius 1 is 1.23 bits per heavy atom. The molecule has 4 aromatic rings. The van der Waals surface area contributed by atoms with E-state index >= 15 is 0 Å². The van der Waals surface area contributed by atoms with Crippen LogP contribution in [0.2, 0.25) is 0 Å². The van der Waals surface area contributed by atoms with E-state index in [-0.39, 0.29) is 5.56 Å². The minimum Gasteiger partial charge on any atom is -0.443 e. The largest absolute Gasteiger partial charge is 0.443 e. The molecular formula is C15H10N4O2S. The molecule has 0 aliphatic rings. The molecule has 0 fully saturated rings. The molecule has 0 amide bonds. The molecule has 0 atom stereocenters. The summed E-state index contributed by atoms with van der Waals surface area (Å²) in [4.78, 5) is 26.0. The van der Waals surface area contributed by atoms with Crippen LogP contribution in [0.1, 0.15) is 5.69 Å². The quantitative estimate of drug-likeness (QED) is 0.581. The average molecular weight is 310 g/mol. The van der Waals surface area contributed by atoms with Gasteiger partial charge in [0.2, 0.25) is 5.89 Å². The number of hydrogen-bond donors (Lipinski definition) is 0. The zero-order chi connectivity index (χ0) is 14.9. The number of thiophene rings is 1. The van der Waals surface area contributed by atoms with Gasteiger partial charge < -0.3 is 4.42 Å². The minimum absolute atomic E-state index is 0.140. The lowest BCUT2D eigenvalue weighted by atomic mass is 10.3. The van der Waals surface area contributed by atoms with Crippen LogP contribution in [0.5, 0.6) is 0 Å². The standard InChI is InChI=1S/C15H10N4O2S/c20-15-11-3-1-5-16-13(11)17-9-19(15)7-10-8-21-14(18-10)12-4-2-6-22-12/h1-6,8-9H,7H2. The Labute approximate surface area is 128 Å². The Bertz CT molecular complexity index is 988. The molecule has 4 heterocycles. The Morgan fingerprint density at radius 3 is 3.05 bits per heavy atom. The summed E-state index contributed by atoms with van der Waals surface area (Å²) in [5.41, 5.74) is 0.984. The van der Waals surface area contributed by atoms with Gasteiger partial charge in [-0.3, -0.25) is 9.36 Å². The van der Waals surface area contributed by atoms with Crippen molar-refractivity contribution >= 4 is 22.4 Å². The summed E-state index contributed by atoms with van der Waals surface area (Å²) < 4.78 is 6.96. The van der Waals surface area contributed by atoms with Crippen molar-refractivity contribution in [2.24, 2.45) is 0 Å². The second kappa shape index (κ2) is 5.19. The molecule has 0 N–H and O–H groups in total. The zero-order valence-corrected chi connectivity index (χ0v) is 12.2. The molecular weight excluding hydrogens is 300 g/mol. The topological polar surface area (TPSA) is 73.8 Å². The maximum absolute atomic E-state index is 12.4. The van der Waals surface area contributed by atoms with Gasteiger partial charge in [0.25, 0.3) is 5.56 Å². The first-order chi connectivity index (χ1) is 10.8. The molecule has 0 saturated heterocycles. The molecule has 7 heteroatoms. The van der Waals surface area contributed by atoms with Crippen molar-refractivity contribution in [3.8, 4) is 10.8 Å². The van der Waals surface area contributed by atoms with Crippen LogP contribution in [0, 0.1) is 0 Å². The van der Waals surface area contributed by atoms with Gasteiger partial charge in [-0.15, -0.1) is 11.3 Å². The first-order valence-corrected chi connectivity index (χ1v) is 7.48. The van der Waals surface area contributed by atoms with Crippen molar-refractivity contribution in [1.82, 2.24) is 19.5 Å². The average Bonchev–Trinajstić information content (AvgIpc) is 3.21. The summed E-state index contributed by atoms with van der Waals surface area (Å²) in [6.07, 6.45) is 4.66. The van der Waals surface area contributed by atoms with Crippen LogP contribution in [0.15, 0.2) is 57.6 Å². The summed E-state index contributed by atoms with van der Waals surface area (Å²) in [5.74, 6) is 0.563. The maximum Gasteiger partial charge on any atom is 0.263 e. The Balaban J connectivity index is 1.69. The van der Waals surface area contributed by atoms with E-state index < -0.39 is 0 Å². The van der Waals surface area contributed by atoms with Crippen molar-refractivity contribution in [2.45, 2.75) is 6.54 Å². The smallest absolute Gasteiger partial charge is 0.263 e. The van der Waals surface area contributed by atoms with Crippen molar-refractivity contribution in [2.75, 3.05) is 0 Å². The van der Waals surface area contributed by atoms with Crippen LogP contribution in [0.4, 0.5) is 0 Å². The van der Waals surface area contributed by atoms with Gasteiger partial charge in [0, 0.05) is 6.20 Å². The number of pyridine rings is 1. The zero-order valence-electron chi connectivity index (χ0n) is 11.3. The van der Waals surface area contributed by atoms with Crippen molar-refractivity contribution < 1.29 is 4.42 Å². The van der Waals surface area contributed by atoms with E-state index in [1.165, 1.54) is 10.9 Å². The predicted octanol–water partition coefficient (Wildman–Crippen LogP) is 2.56. The van der Waals surface area contributed by atoms with Gasteiger partial charge in [0.05, 0.1) is 22.5 Å². The molecule has 0 spiro atoms. The van der Waals surface area contributed by atoms with Crippen LogP contribution in [0.25, 0.3) is 21.8 Å². The highest BCUT2D eigenvalue weighted by Gasteiger charge is 2.10. The van der Waals surface area contributed by atoms with Crippen LogP contribution in [-0.4, -0.2) is 19.5 Å². The van der Waals surface area contributed by atoms with Gasteiger partial charge >= 0.3 is 0 Å². The van der Waals surface area contributed by atoms with Crippen molar-refractivity contribution in [3.05, 3.63) is 64.5 Å². The monoisotopic (exact) mass is 310 g/mol. The van der Waals surface area contributed by atoms with Crippen LogP contribution in [-0.2, 0) is 6.54 Å². The molecule has 0 radical (unpaired) electrons. The van der Waals surface area contributed by atoms with Gasteiger partial charge in [0.1, 0.15) is 12.6 Å². The van der Waals surface area contributed by atoms with E-state index in [9.17, 15) is 4.79 Å². The van der Waals surface area contributed by atoms with Gasteiger partial charge in [-0.25, -0.2) is 15.0 Å². The van der Waals surface area contributed by atoms with E-state index in [2.05, 4.69) is 15.0 Å². The summed E-state index contributed by atoms with van der Waals surface area (Å²) in [7, 11) is 0. The molecule has 4 aromatic heterocycles. The van der Waals surface area contributed by atoms with Gasteiger partial charge in [-0.05, 0) is 23.6 Å². The van der Waals surface area contributed by atoms with E-state index in [1.54, 1.807) is 35.9 Å². The summed E-state index contributed by atoms with van der Waals surface area (Å²) >= 11 is 1.56.